The van der Waals surface area contributed by atoms with Crippen molar-refractivity contribution in [3.63, 3.8) is 0 Å². The lowest BCUT2D eigenvalue weighted by Gasteiger charge is -2.03. The lowest BCUT2D eigenvalue weighted by molar-refractivity contribution is -0.143. The molecule has 0 amide bonds. The summed E-state index contributed by atoms with van der Waals surface area (Å²) in [7, 11) is 1.37. The van der Waals surface area contributed by atoms with Crippen LogP contribution < -0.4 is 0 Å². The van der Waals surface area contributed by atoms with Crippen molar-refractivity contribution in [2.45, 2.75) is 13.3 Å². The number of carbonyl (C=O) groups is 1. The van der Waals surface area contributed by atoms with Crippen molar-refractivity contribution in [2.75, 3.05) is 13.7 Å². The Labute approximate surface area is 60.0 Å². The van der Waals surface area contributed by atoms with Crippen LogP contribution in [0.15, 0.2) is 0 Å². The molecule has 0 aromatic rings. The highest BCUT2D eigenvalue weighted by atomic mass is 16.5. The first-order valence-corrected chi connectivity index (χ1v) is 3.33. The van der Waals surface area contributed by atoms with E-state index in [9.17, 15) is 4.79 Å². The maximum absolute atomic E-state index is 10.8. The number of aliphatic hydroxyl groups is 1. The minimum Gasteiger partial charge on any atom is -0.469 e. The van der Waals surface area contributed by atoms with Crippen LogP contribution in [0.25, 0.3) is 0 Å². The van der Waals surface area contributed by atoms with Gasteiger partial charge in [0.2, 0.25) is 0 Å². The first kappa shape index (κ1) is 7.54. The Hall–Kier alpha value is -0.570. The molecule has 3 nitrogen and oxygen atoms in total. The van der Waals surface area contributed by atoms with Crippen molar-refractivity contribution < 1.29 is 14.6 Å². The molecule has 1 rings (SSSR count). The Morgan fingerprint density at radius 1 is 1.90 bits per heavy atom. The van der Waals surface area contributed by atoms with Crippen LogP contribution in [0.1, 0.15) is 13.3 Å². The second kappa shape index (κ2) is 2.23. The summed E-state index contributed by atoms with van der Waals surface area (Å²) in [5.74, 6) is -0.265. The summed E-state index contributed by atoms with van der Waals surface area (Å²) < 4.78 is 4.52. The fraction of sp³-hybridized carbons (Fsp3) is 0.857. The van der Waals surface area contributed by atoms with E-state index in [0.29, 0.717) is 0 Å². The van der Waals surface area contributed by atoms with Crippen LogP contribution in [-0.4, -0.2) is 24.8 Å². The summed E-state index contributed by atoms with van der Waals surface area (Å²) >= 11 is 0. The predicted molar refractivity (Wildman–Crippen MR) is 35.3 cm³/mol. The molecule has 1 aliphatic rings. The van der Waals surface area contributed by atoms with E-state index in [-0.39, 0.29) is 23.9 Å². The fourth-order valence-electron chi connectivity index (χ4n) is 1.09. The number of rotatable bonds is 2. The number of hydrogen-bond donors (Lipinski definition) is 1. The average Bonchev–Trinajstić information content (AvgIpc) is 2.62. The summed E-state index contributed by atoms with van der Waals surface area (Å²) in [6, 6.07) is 0. The van der Waals surface area contributed by atoms with Crippen LogP contribution in [-0.2, 0) is 9.53 Å². The van der Waals surface area contributed by atoms with Gasteiger partial charge in [-0.2, -0.15) is 0 Å². The summed E-state index contributed by atoms with van der Waals surface area (Å²) in [6.45, 7) is 1.96. The highest BCUT2D eigenvalue weighted by Crippen LogP contribution is 2.52. The third-order valence-corrected chi connectivity index (χ3v) is 2.20. The molecule has 1 aliphatic carbocycles. The zero-order valence-corrected chi connectivity index (χ0v) is 6.26. The van der Waals surface area contributed by atoms with Crippen LogP contribution in [0.5, 0.6) is 0 Å². The van der Waals surface area contributed by atoms with E-state index >= 15 is 0 Å². The van der Waals surface area contributed by atoms with E-state index in [1.165, 1.54) is 7.11 Å². The monoisotopic (exact) mass is 144 g/mol. The first-order chi connectivity index (χ1) is 4.64. The molecule has 10 heavy (non-hydrogen) atoms. The summed E-state index contributed by atoms with van der Waals surface area (Å²) in [6.07, 6.45) is 0.760. The zero-order chi connectivity index (χ0) is 7.78. The van der Waals surface area contributed by atoms with Crippen LogP contribution in [0.2, 0.25) is 0 Å². The van der Waals surface area contributed by atoms with Gasteiger partial charge in [0.05, 0.1) is 13.0 Å². The molecule has 1 fully saturated rings. The van der Waals surface area contributed by atoms with E-state index in [2.05, 4.69) is 4.74 Å². The van der Waals surface area contributed by atoms with Gasteiger partial charge in [0.1, 0.15) is 0 Å². The van der Waals surface area contributed by atoms with Crippen molar-refractivity contribution in [3.05, 3.63) is 0 Å². The van der Waals surface area contributed by atoms with Crippen molar-refractivity contribution in [1.82, 2.24) is 0 Å². The SMILES string of the molecule is COC(=O)C1CC1(C)CO. The third-order valence-electron chi connectivity index (χ3n) is 2.20. The summed E-state index contributed by atoms with van der Waals surface area (Å²) in [5, 5.41) is 8.77. The molecule has 0 radical (unpaired) electrons. The number of methoxy groups -OCH3 is 1. The van der Waals surface area contributed by atoms with E-state index in [1.807, 2.05) is 6.92 Å². The van der Waals surface area contributed by atoms with E-state index in [1.54, 1.807) is 0 Å². The van der Waals surface area contributed by atoms with Gasteiger partial charge in [-0.1, -0.05) is 6.92 Å². The van der Waals surface area contributed by atoms with Gasteiger partial charge in [-0.15, -0.1) is 0 Å². The number of hydrogen-bond acceptors (Lipinski definition) is 3. The average molecular weight is 144 g/mol. The molecule has 0 spiro atoms. The molecule has 2 unspecified atom stereocenters. The molecular formula is C7H12O3. The van der Waals surface area contributed by atoms with Crippen molar-refractivity contribution in [1.29, 1.82) is 0 Å². The number of aliphatic hydroxyl groups excluding tert-OH is 1. The van der Waals surface area contributed by atoms with Gasteiger partial charge in [-0.05, 0) is 6.42 Å². The van der Waals surface area contributed by atoms with Gasteiger partial charge in [0.25, 0.3) is 0 Å². The van der Waals surface area contributed by atoms with Gasteiger partial charge in [-0.25, -0.2) is 0 Å². The van der Waals surface area contributed by atoms with Crippen LogP contribution in [0, 0.1) is 11.3 Å². The second-order valence-electron chi connectivity index (χ2n) is 3.09. The topological polar surface area (TPSA) is 46.5 Å². The van der Waals surface area contributed by atoms with E-state index in [0.717, 1.165) is 6.42 Å². The van der Waals surface area contributed by atoms with Crippen LogP contribution in [0.3, 0.4) is 0 Å². The molecule has 0 saturated heterocycles. The van der Waals surface area contributed by atoms with Gasteiger partial charge < -0.3 is 9.84 Å². The van der Waals surface area contributed by atoms with Gasteiger partial charge in [-0.3, -0.25) is 4.79 Å². The normalized spacial score (nSPS) is 37.3. The Morgan fingerprint density at radius 2 is 2.50 bits per heavy atom. The van der Waals surface area contributed by atoms with E-state index < -0.39 is 0 Å². The lowest BCUT2D eigenvalue weighted by Crippen LogP contribution is -2.12. The zero-order valence-electron chi connectivity index (χ0n) is 6.26. The minimum absolute atomic E-state index is 0.0671. The Kier molecular flexibility index (Phi) is 1.68. The highest BCUT2D eigenvalue weighted by Gasteiger charge is 2.54. The predicted octanol–water partition coefficient (Wildman–Crippen LogP) is 0.178. The fourth-order valence-corrected chi connectivity index (χ4v) is 1.09. The third kappa shape index (κ3) is 1.01. The highest BCUT2D eigenvalue weighted by molar-refractivity contribution is 5.76. The van der Waals surface area contributed by atoms with Crippen molar-refractivity contribution in [2.24, 2.45) is 11.3 Å². The molecule has 1 saturated carbocycles. The molecule has 0 aliphatic heterocycles. The maximum Gasteiger partial charge on any atom is 0.309 e. The molecule has 0 bridgehead atoms. The Morgan fingerprint density at radius 3 is 2.80 bits per heavy atom. The van der Waals surface area contributed by atoms with E-state index in [4.69, 9.17) is 5.11 Å². The first-order valence-electron chi connectivity index (χ1n) is 3.33. The Balaban J connectivity index is 2.44. The number of esters is 1. The van der Waals surface area contributed by atoms with Crippen LogP contribution >= 0.6 is 0 Å². The molecule has 58 valence electrons. The standard InChI is InChI=1S/C7H12O3/c1-7(4-8)3-5(7)6(9)10-2/h5,8H,3-4H2,1-2H3. The quantitative estimate of drug-likeness (QED) is 0.562. The lowest BCUT2D eigenvalue weighted by atomic mass is 10.1. The molecule has 0 aromatic carbocycles. The van der Waals surface area contributed by atoms with Gasteiger partial charge in [0, 0.05) is 12.0 Å². The summed E-state index contributed by atoms with van der Waals surface area (Å²) in [5.41, 5.74) is -0.187. The second-order valence-corrected chi connectivity index (χ2v) is 3.09. The maximum atomic E-state index is 10.8. The molecule has 3 heteroatoms. The minimum atomic E-state index is -0.198. The molecule has 1 N–H and O–H groups in total. The van der Waals surface area contributed by atoms with Gasteiger partial charge in [0.15, 0.2) is 0 Å². The molecule has 0 aromatic heterocycles. The molecule has 2 atom stereocenters. The Bertz CT molecular complexity index is 155. The van der Waals surface area contributed by atoms with Crippen molar-refractivity contribution in [3.8, 4) is 0 Å². The number of ether oxygens (including phenoxy) is 1. The summed E-state index contributed by atoms with van der Waals surface area (Å²) in [4.78, 5) is 10.8. The largest absolute Gasteiger partial charge is 0.469 e. The van der Waals surface area contributed by atoms with Crippen molar-refractivity contribution >= 4 is 5.97 Å². The molecular weight excluding hydrogens is 132 g/mol. The van der Waals surface area contributed by atoms with Crippen LogP contribution in [0.4, 0.5) is 0 Å². The van der Waals surface area contributed by atoms with Gasteiger partial charge >= 0.3 is 5.97 Å². The smallest absolute Gasteiger partial charge is 0.309 e. The number of carbonyl (C=O) groups excluding carboxylic acids is 1. The molecule has 0 heterocycles.